The van der Waals surface area contributed by atoms with E-state index < -0.39 is 0 Å². The maximum absolute atomic E-state index is 5.57. The number of hydrogen-bond acceptors (Lipinski definition) is 2. The summed E-state index contributed by atoms with van der Waals surface area (Å²) in [4.78, 5) is 0. The van der Waals surface area contributed by atoms with E-state index in [-0.39, 0.29) is 37.3 Å². The number of methoxy groups -OCH3 is 2. The molecule has 0 aromatic heterocycles. The number of benzene rings is 1. The molecule has 2 nitrogen and oxygen atoms in total. The van der Waals surface area contributed by atoms with E-state index in [1.54, 1.807) is 14.2 Å². The van der Waals surface area contributed by atoms with E-state index in [4.69, 9.17) is 9.47 Å². The van der Waals surface area contributed by atoms with Gasteiger partial charge in [-0.15, -0.1) is 25.2 Å². The minimum atomic E-state index is -0.243. The summed E-state index contributed by atoms with van der Waals surface area (Å²) in [5.74, 6) is 2.12. The van der Waals surface area contributed by atoms with Crippen LogP contribution < -0.4 is 13.2 Å². The van der Waals surface area contributed by atoms with E-state index in [2.05, 4.69) is 27.7 Å². The lowest BCUT2D eigenvalue weighted by Crippen LogP contribution is -2.22. The first kappa shape index (κ1) is 17.1. The second-order valence-electron chi connectivity index (χ2n) is 4.17. The molecule has 0 amide bonds. The predicted molar refractivity (Wildman–Crippen MR) is 79.9 cm³/mol. The molecule has 0 saturated heterocycles. The summed E-state index contributed by atoms with van der Waals surface area (Å²) in [7, 11) is 3.51. The molecule has 0 bridgehead atoms. The minimum absolute atomic E-state index is 0. The Labute approximate surface area is 125 Å². The molecule has 17 heavy (non-hydrogen) atoms. The van der Waals surface area contributed by atoms with Crippen molar-refractivity contribution >= 4 is 41.0 Å². The van der Waals surface area contributed by atoms with Gasteiger partial charge < -0.3 is 9.47 Å². The third-order valence-electron chi connectivity index (χ3n) is 3.22. The topological polar surface area (TPSA) is 18.5 Å². The summed E-state index contributed by atoms with van der Waals surface area (Å²) in [6.45, 7) is 8.60. The normalized spacial score (nSPS) is 9.29. The maximum Gasteiger partial charge on any atom is 0.415 e. The Hall–Kier alpha value is 0.0662. The highest BCUT2D eigenvalue weighted by Crippen LogP contribution is 2.30. The number of hydrogen-bond donors (Lipinski definition) is 0. The molecular weight excluding hydrogens is 292 g/mol. The first-order chi connectivity index (χ1) is 7.58. The van der Waals surface area contributed by atoms with E-state index >= 15 is 0 Å². The molecule has 94 valence electrons. The average Bonchev–Trinajstić information content (AvgIpc) is 2.27. The van der Waals surface area contributed by atoms with E-state index in [0.29, 0.717) is 0 Å². The van der Waals surface area contributed by atoms with Crippen LogP contribution in [0.2, 0.25) is 4.55 Å². The van der Waals surface area contributed by atoms with Crippen LogP contribution in [0.1, 0.15) is 23.6 Å². The molecule has 0 spiro atoms. The summed E-state index contributed by atoms with van der Waals surface area (Å²) in [5, 5.41) is 0. The zero-order valence-corrected chi connectivity index (χ0v) is 14.8. The monoisotopic (exact) mass is 312 g/mol. The van der Waals surface area contributed by atoms with Crippen molar-refractivity contribution < 1.29 is 9.47 Å². The average molecular weight is 314 g/mol. The van der Waals surface area contributed by atoms with Crippen LogP contribution in [0.5, 0.6) is 11.5 Å². The van der Waals surface area contributed by atoms with Gasteiger partial charge in [0.05, 0.1) is 20.0 Å². The van der Waals surface area contributed by atoms with Crippen molar-refractivity contribution in [1.82, 2.24) is 0 Å². The summed E-state index contributed by atoms with van der Waals surface area (Å²) in [6.07, 6.45) is 0. The van der Waals surface area contributed by atoms with Crippen LogP contribution in [0.3, 0.4) is 0 Å². The number of rotatable bonds is 4. The molecule has 4 heteroatoms. The molecule has 1 aromatic rings. The van der Waals surface area contributed by atoms with Gasteiger partial charge in [0.1, 0.15) is 5.75 Å². The van der Waals surface area contributed by atoms with Gasteiger partial charge in [-0.2, -0.15) is 0 Å². The molecule has 1 rings (SSSR count). The minimum Gasteiger partial charge on any atom is -0.499 e. The molecule has 0 aliphatic heterocycles. The Kier molecular flexibility index (Phi) is 7.52. The van der Waals surface area contributed by atoms with Crippen molar-refractivity contribution in [2.24, 2.45) is 0 Å². The van der Waals surface area contributed by atoms with Gasteiger partial charge in [0, 0.05) is 0 Å². The molecule has 0 unspecified atom stereocenters. The number of halogens is 1. The van der Waals surface area contributed by atoms with E-state index in [0.717, 1.165) is 11.5 Å². The van der Waals surface area contributed by atoms with Crippen LogP contribution in [0.4, 0.5) is 0 Å². The summed E-state index contributed by atoms with van der Waals surface area (Å²) < 4.78 is 13.8. The molecule has 0 aliphatic rings. The summed E-state index contributed by atoms with van der Waals surface area (Å²) in [5.41, 5.74) is 3.70. The Morgan fingerprint density at radius 1 is 0.882 bits per heavy atom. The van der Waals surface area contributed by atoms with Gasteiger partial charge in [-0.05, 0) is 37.5 Å². The first-order valence-corrected chi connectivity index (χ1v) is 7.49. The number of ether oxygens (including phenoxy) is 2. The highest BCUT2D eigenvalue weighted by molar-refractivity contribution is 8.93. The molecule has 0 fully saturated rings. The Morgan fingerprint density at radius 3 is 1.76 bits per heavy atom. The third-order valence-corrected chi connectivity index (χ3v) is 5.07. The molecule has 0 heterocycles. The molecular formula is C13H21BrMgO2. The highest BCUT2D eigenvalue weighted by Gasteiger charge is 2.17. The van der Waals surface area contributed by atoms with Crippen molar-refractivity contribution in [2.45, 2.75) is 32.2 Å². The lowest BCUT2D eigenvalue weighted by Gasteiger charge is -2.20. The molecule has 0 radical (unpaired) electrons. The van der Waals surface area contributed by atoms with Crippen molar-refractivity contribution in [3.8, 4) is 11.5 Å². The van der Waals surface area contributed by atoms with Crippen LogP contribution in [0, 0.1) is 20.8 Å². The molecule has 0 saturated carbocycles. The van der Waals surface area contributed by atoms with Crippen molar-refractivity contribution in [1.29, 1.82) is 0 Å². The van der Waals surface area contributed by atoms with Crippen LogP contribution in [0.25, 0.3) is 0 Å². The molecule has 1 aromatic carbocycles. The van der Waals surface area contributed by atoms with Gasteiger partial charge in [-0.1, -0.05) is 6.92 Å². The van der Waals surface area contributed by atoms with Gasteiger partial charge >= 0.3 is 20.4 Å². The Bertz CT molecular complexity index is 392. The predicted octanol–water partition coefficient (Wildman–Crippen LogP) is 2.97. The summed E-state index contributed by atoms with van der Waals surface area (Å²) >= 11 is -0.243. The van der Waals surface area contributed by atoms with Gasteiger partial charge in [0.25, 0.3) is 0 Å². The fraction of sp³-hybridized carbons (Fsp3) is 0.538. The Balaban J connectivity index is 0.00000256. The second-order valence-corrected chi connectivity index (χ2v) is 6.38. The van der Waals surface area contributed by atoms with Crippen LogP contribution in [-0.4, -0.2) is 34.6 Å². The van der Waals surface area contributed by atoms with Gasteiger partial charge in [-0.25, -0.2) is 0 Å². The van der Waals surface area contributed by atoms with Gasteiger partial charge in [-0.3, -0.25) is 0 Å². The first-order valence-electron chi connectivity index (χ1n) is 5.79. The largest absolute Gasteiger partial charge is 0.499 e. The standard InChI is InChI=1S/C11H15O2.C2H5.BrH.Mg/c1-7-6-10(12-4)8(2)9(3)11(7)13-5;1-2;;/h1-5H3;1H2,2H3;1H;. The van der Waals surface area contributed by atoms with Crippen molar-refractivity contribution in [3.63, 3.8) is 0 Å². The molecule has 0 N–H and O–H groups in total. The quantitative estimate of drug-likeness (QED) is 0.796. The van der Waals surface area contributed by atoms with E-state index in [1.807, 2.05) is 0 Å². The van der Waals surface area contributed by atoms with Crippen LogP contribution in [0.15, 0.2) is 0 Å². The SMILES string of the molecule is Br.C[CH2][Mg][c]1c(C)c(OC)c(C)c(C)c1OC. The fourth-order valence-corrected chi connectivity index (χ4v) is 3.96. The van der Waals surface area contributed by atoms with Crippen LogP contribution in [-0.2, 0) is 0 Å². The Morgan fingerprint density at radius 2 is 1.35 bits per heavy atom. The smallest absolute Gasteiger partial charge is 0.415 e. The second kappa shape index (κ2) is 7.49. The molecule has 0 aliphatic carbocycles. The van der Waals surface area contributed by atoms with Gasteiger partial charge in [0.2, 0.25) is 0 Å². The lowest BCUT2D eigenvalue weighted by atomic mass is 10.0. The van der Waals surface area contributed by atoms with Crippen molar-refractivity contribution in [2.75, 3.05) is 14.2 Å². The third kappa shape index (κ3) is 3.29. The van der Waals surface area contributed by atoms with Crippen LogP contribution >= 0.6 is 17.0 Å². The zero-order chi connectivity index (χ0) is 12.3. The summed E-state index contributed by atoms with van der Waals surface area (Å²) in [6, 6.07) is 0. The van der Waals surface area contributed by atoms with E-state index in [1.165, 1.54) is 24.9 Å². The lowest BCUT2D eigenvalue weighted by molar-refractivity contribution is 0.398. The molecule has 0 atom stereocenters. The van der Waals surface area contributed by atoms with Crippen molar-refractivity contribution in [3.05, 3.63) is 16.7 Å². The van der Waals surface area contributed by atoms with Gasteiger partial charge in [0.15, 0.2) is 0 Å². The zero-order valence-electron chi connectivity index (χ0n) is 11.6. The fourth-order valence-electron chi connectivity index (χ4n) is 2.29. The highest BCUT2D eigenvalue weighted by atomic mass is 79.9. The maximum atomic E-state index is 5.57. The van der Waals surface area contributed by atoms with E-state index in [9.17, 15) is 0 Å².